The predicted molar refractivity (Wildman–Crippen MR) is 79.6 cm³/mol. The lowest BCUT2D eigenvalue weighted by atomic mass is 10.2. The molecule has 0 spiro atoms. The summed E-state index contributed by atoms with van der Waals surface area (Å²) in [7, 11) is 0. The van der Waals surface area contributed by atoms with Crippen LogP contribution in [0.15, 0.2) is 17.0 Å². The molecule has 1 fully saturated rings. The first kappa shape index (κ1) is 13.5. The maximum Gasteiger partial charge on any atom is 0.276 e. The summed E-state index contributed by atoms with van der Waals surface area (Å²) < 4.78 is 5.53. The molecule has 1 saturated heterocycles. The van der Waals surface area contributed by atoms with Crippen molar-refractivity contribution in [1.29, 1.82) is 0 Å². The molecule has 3 rings (SSSR count). The van der Waals surface area contributed by atoms with Gasteiger partial charge in [-0.3, -0.25) is 10.1 Å². The van der Waals surface area contributed by atoms with Crippen LogP contribution < -0.4 is 10.6 Å². The normalized spacial score (nSPS) is 18.1. The minimum absolute atomic E-state index is 0.235. The minimum Gasteiger partial charge on any atom is -0.376 e. The highest BCUT2D eigenvalue weighted by Crippen LogP contribution is 2.19. The lowest BCUT2D eigenvalue weighted by Gasteiger charge is -2.08. The molecule has 3 heterocycles. The zero-order valence-electron chi connectivity index (χ0n) is 10.7. The highest BCUT2D eigenvalue weighted by molar-refractivity contribution is 7.14. The lowest BCUT2D eigenvalue weighted by molar-refractivity contribution is 0.102. The largest absolute Gasteiger partial charge is 0.376 e. The summed E-state index contributed by atoms with van der Waals surface area (Å²) in [6.07, 6.45) is 4.10. The maximum atomic E-state index is 11.9. The Kier molecular flexibility index (Phi) is 4.24. The summed E-state index contributed by atoms with van der Waals surface area (Å²) >= 11 is 2.80. The third kappa shape index (κ3) is 3.33. The Balaban J connectivity index is 1.54. The monoisotopic (exact) mass is 310 g/mol. The highest BCUT2D eigenvalue weighted by atomic mass is 32.1. The minimum atomic E-state index is -0.235. The van der Waals surface area contributed by atoms with Gasteiger partial charge in [-0.1, -0.05) is 0 Å². The summed E-state index contributed by atoms with van der Waals surface area (Å²) in [4.78, 5) is 20.2. The Labute approximate surface area is 124 Å². The van der Waals surface area contributed by atoms with E-state index in [1.165, 1.54) is 22.7 Å². The third-order valence-electron chi connectivity index (χ3n) is 2.89. The van der Waals surface area contributed by atoms with Gasteiger partial charge in [0.05, 0.1) is 6.10 Å². The number of hydrogen-bond donors (Lipinski definition) is 2. The van der Waals surface area contributed by atoms with Crippen LogP contribution in [0.4, 0.5) is 10.3 Å². The Morgan fingerprint density at radius 3 is 3.15 bits per heavy atom. The first-order valence-corrected chi connectivity index (χ1v) is 8.09. The molecule has 2 aromatic rings. The molecule has 1 aliphatic heterocycles. The van der Waals surface area contributed by atoms with Gasteiger partial charge in [-0.25, -0.2) is 9.97 Å². The molecule has 0 bridgehead atoms. The molecule has 6 nitrogen and oxygen atoms in total. The van der Waals surface area contributed by atoms with Gasteiger partial charge in [0.1, 0.15) is 5.69 Å². The van der Waals surface area contributed by atoms with Crippen molar-refractivity contribution in [3.63, 3.8) is 0 Å². The SMILES string of the molecule is O=C(Nc1nccs1)c1csc(NC[C@H]2CCCO2)n1. The van der Waals surface area contributed by atoms with Crippen LogP contribution in [-0.2, 0) is 4.74 Å². The molecule has 106 valence electrons. The fourth-order valence-electron chi connectivity index (χ4n) is 1.91. The molecule has 2 aromatic heterocycles. The second-order valence-electron chi connectivity index (χ2n) is 4.35. The van der Waals surface area contributed by atoms with Crippen LogP contribution in [0.3, 0.4) is 0 Å². The van der Waals surface area contributed by atoms with Crippen molar-refractivity contribution >= 4 is 38.8 Å². The van der Waals surface area contributed by atoms with Crippen LogP contribution in [0.5, 0.6) is 0 Å². The fraction of sp³-hybridized carbons (Fsp3) is 0.417. The van der Waals surface area contributed by atoms with Gasteiger partial charge in [-0.05, 0) is 12.8 Å². The topological polar surface area (TPSA) is 76.1 Å². The number of carbonyl (C=O) groups excluding carboxylic acids is 1. The number of amides is 1. The molecule has 0 unspecified atom stereocenters. The molecule has 0 saturated carbocycles. The van der Waals surface area contributed by atoms with Gasteiger partial charge in [0.15, 0.2) is 10.3 Å². The van der Waals surface area contributed by atoms with Crippen molar-refractivity contribution in [2.75, 3.05) is 23.8 Å². The lowest BCUT2D eigenvalue weighted by Crippen LogP contribution is -2.18. The molecular weight excluding hydrogens is 296 g/mol. The van der Waals surface area contributed by atoms with E-state index in [0.717, 1.165) is 31.1 Å². The zero-order valence-corrected chi connectivity index (χ0v) is 12.3. The summed E-state index contributed by atoms with van der Waals surface area (Å²) in [6, 6.07) is 0. The first-order chi connectivity index (χ1) is 9.81. The van der Waals surface area contributed by atoms with E-state index < -0.39 is 0 Å². The molecular formula is C12H14N4O2S2. The van der Waals surface area contributed by atoms with Gasteiger partial charge >= 0.3 is 0 Å². The van der Waals surface area contributed by atoms with Crippen molar-refractivity contribution in [2.24, 2.45) is 0 Å². The number of ether oxygens (including phenoxy) is 1. The van der Waals surface area contributed by atoms with Crippen LogP contribution in [0, 0.1) is 0 Å². The van der Waals surface area contributed by atoms with Gasteiger partial charge in [-0.2, -0.15) is 0 Å². The summed E-state index contributed by atoms with van der Waals surface area (Å²) in [5, 5.41) is 10.8. The van der Waals surface area contributed by atoms with Crippen molar-refractivity contribution in [2.45, 2.75) is 18.9 Å². The summed E-state index contributed by atoms with van der Waals surface area (Å²) in [5.41, 5.74) is 0.403. The van der Waals surface area contributed by atoms with E-state index in [9.17, 15) is 4.79 Å². The van der Waals surface area contributed by atoms with E-state index in [1.54, 1.807) is 11.6 Å². The number of thiazole rings is 2. The first-order valence-electron chi connectivity index (χ1n) is 6.33. The van der Waals surface area contributed by atoms with Gasteiger partial charge in [0.25, 0.3) is 5.91 Å². The molecule has 1 aliphatic rings. The molecule has 1 atom stereocenters. The van der Waals surface area contributed by atoms with Gasteiger partial charge in [0.2, 0.25) is 0 Å². The molecule has 8 heteroatoms. The van der Waals surface area contributed by atoms with Gasteiger partial charge < -0.3 is 10.1 Å². The Morgan fingerprint density at radius 2 is 2.40 bits per heavy atom. The number of carbonyl (C=O) groups is 1. The second-order valence-corrected chi connectivity index (χ2v) is 6.10. The van der Waals surface area contributed by atoms with Crippen molar-refractivity contribution in [3.8, 4) is 0 Å². The fourth-order valence-corrected chi connectivity index (χ4v) is 3.14. The Hall–Kier alpha value is -1.51. The van der Waals surface area contributed by atoms with Crippen LogP contribution in [-0.4, -0.2) is 35.1 Å². The predicted octanol–water partition coefficient (Wildman–Crippen LogP) is 2.44. The van der Waals surface area contributed by atoms with E-state index in [0.29, 0.717) is 10.8 Å². The van der Waals surface area contributed by atoms with E-state index in [-0.39, 0.29) is 12.0 Å². The van der Waals surface area contributed by atoms with E-state index >= 15 is 0 Å². The van der Waals surface area contributed by atoms with Crippen LogP contribution in [0.2, 0.25) is 0 Å². The number of nitrogens with zero attached hydrogens (tertiary/aromatic N) is 2. The van der Waals surface area contributed by atoms with Crippen molar-refractivity contribution in [3.05, 3.63) is 22.7 Å². The van der Waals surface area contributed by atoms with E-state index in [1.807, 2.05) is 5.38 Å². The average molecular weight is 310 g/mol. The van der Waals surface area contributed by atoms with Crippen LogP contribution in [0.1, 0.15) is 23.3 Å². The number of nitrogens with one attached hydrogen (secondary N) is 2. The highest BCUT2D eigenvalue weighted by Gasteiger charge is 2.16. The molecule has 1 amide bonds. The quantitative estimate of drug-likeness (QED) is 0.887. The van der Waals surface area contributed by atoms with E-state index in [4.69, 9.17) is 4.74 Å². The zero-order chi connectivity index (χ0) is 13.8. The van der Waals surface area contributed by atoms with Crippen molar-refractivity contribution < 1.29 is 9.53 Å². The third-order valence-corrected chi connectivity index (χ3v) is 4.38. The standard InChI is InChI=1S/C12H14N4O2S2/c17-10(16-11-13-3-5-19-11)9-7-20-12(15-9)14-6-8-2-1-4-18-8/h3,5,7-8H,1-2,4,6H2,(H,14,15)(H,13,16,17)/t8-/m1/s1. The molecule has 0 radical (unpaired) electrons. The number of rotatable bonds is 5. The molecule has 20 heavy (non-hydrogen) atoms. The van der Waals surface area contributed by atoms with E-state index in [2.05, 4.69) is 20.6 Å². The smallest absolute Gasteiger partial charge is 0.276 e. The molecule has 2 N–H and O–H groups in total. The Morgan fingerprint density at radius 1 is 1.45 bits per heavy atom. The summed E-state index contributed by atoms with van der Waals surface area (Å²) in [6.45, 7) is 1.58. The maximum absolute atomic E-state index is 11.9. The van der Waals surface area contributed by atoms with Crippen LogP contribution in [0.25, 0.3) is 0 Å². The second kappa shape index (κ2) is 6.29. The average Bonchev–Trinajstić information content (AvgIpc) is 3.19. The number of anilines is 2. The summed E-state index contributed by atoms with van der Waals surface area (Å²) in [5.74, 6) is -0.235. The van der Waals surface area contributed by atoms with Gasteiger partial charge in [-0.15, -0.1) is 22.7 Å². The van der Waals surface area contributed by atoms with Gasteiger partial charge in [0, 0.05) is 30.1 Å². The number of aromatic nitrogens is 2. The molecule has 0 aliphatic carbocycles. The Bertz CT molecular complexity index is 564. The number of hydrogen-bond acceptors (Lipinski definition) is 7. The van der Waals surface area contributed by atoms with Crippen LogP contribution >= 0.6 is 22.7 Å². The van der Waals surface area contributed by atoms with Crippen molar-refractivity contribution in [1.82, 2.24) is 9.97 Å². The molecule has 0 aromatic carbocycles.